The zero-order chi connectivity index (χ0) is 13.1. The Morgan fingerprint density at radius 3 is 3.11 bits per heavy atom. The highest BCUT2D eigenvalue weighted by molar-refractivity contribution is 5.95. The first-order valence-electron chi connectivity index (χ1n) is 5.49. The van der Waals surface area contributed by atoms with Crippen molar-refractivity contribution in [1.29, 1.82) is 0 Å². The highest BCUT2D eigenvalue weighted by Crippen LogP contribution is 2.30. The fraction of sp³-hybridized carbons (Fsp3) is 0.333. The van der Waals surface area contributed by atoms with Gasteiger partial charge >= 0.3 is 5.97 Å². The van der Waals surface area contributed by atoms with Gasteiger partial charge in [0.15, 0.2) is 6.61 Å². The van der Waals surface area contributed by atoms with Crippen molar-refractivity contribution in [3.63, 3.8) is 0 Å². The van der Waals surface area contributed by atoms with Crippen molar-refractivity contribution < 1.29 is 19.1 Å². The van der Waals surface area contributed by atoms with E-state index in [1.54, 1.807) is 18.2 Å². The third-order valence-corrected chi connectivity index (χ3v) is 2.68. The van der Waals surface area contributed by atoms with Crippen LogP contribution in [0.2, 0.25) is 0 Å². The predicted octanol–water partition coefficient (Wildman–Crippen LogP) is 0.580. The molecular weight excluding hydrogens is 236 g/mol. The zero-order valence-electron chi connectivity index (χ0n) is 9.93. The lowest BCUT2D eigenvalue weighted by Gasteiger charge is -2.20. The Hall–Kier alpha value is -2.08. The van der Waals surface area contributed by atoms with E-state index in [0.717, 1.165) is 5.56 Å². The van der Waals surface area contributed by atoms with Crippen molar-refractivity contribution in [2.24, 2.45) is 5.73 Å². The zero-order valence-corrected chi connectivity index (χ0v) is 9.93. The Morgan fingerprint density at radius 1 is 1.61 bits per heavy atom. The molecule has 0 radical (unpaired) electrons. The van der Waals surface area contributed by atoms with Gasteiger partial charge in [-0.1, -0.05) is 6.07 Å². The number of rotatable bonds is 3. The first-order valence-corrected chi connectivity index (χ1v) is 5.49. The standard InChI is InChI=1S/C12H14N2O4/c1-17-12(16)5-8(13)7-2-3-10-9(4-7)14-11(15)6-18-10/h2-4,8H,5-6,13H2,1H3,(H,14,15). The second kappa shape index (κ2) is 5.05. The maximum atomic E-state index is 11.2. The van der Waals surface area contributed by atoms with Crippen LogP contribution in [0, 0.1) is 0 Å². The molecule has 18 heavy (non-hydrogen) atoms. The highest BCUT2D eigenvalue weighted by atomic mass is 16.5. The number of nitrogens with one attached hydrogen (secondary N) is 1. The molecule has 0 bridgehead atoms. The number of carbonyl (C=O) groups is 2. The second-order valence-electron chi connectivity index (χ2n) is 3.98. The summed E-state index contributed by atoms with van der Waals surface area (Å²) in [7, 11) is 1.32. The number of hydrogen-bond acceptors (Lipinski definition) is 5. The van der Waals surface area contributed by atoms with Crippen LogP contribution in [-0.2, 0) is 14.3 Å². The number of nitrogens with two attached hydrogens (primary N) is 1. The summed E-state index contributed by atoms with van der Waals surface area (Å²) in [5, 5.41) is 2.69. The molecule has 0 aromatic heterocycles. The first kappa shape index (κ1) is 12.4. The molecule has 1 atom stereocenters. The number of carbonyl (C=O) groups excluding carboxylic acids is 2. The maximum Gasteiger partial charge on any atom is 0.307 e. The normalized spacial score (nSPS) is 15.1. The minimum atomic E-state index is -0.471. The highest BCUT2D eigenvalue weighted by Gasteiger charge is 2.18. The van der Waals surface area contributed by atoms with E-state index in [0.29, 0.717) is 11.4 Å². The van der Waals surface area contributed by atoms with E-state index in [1.165, 1.54) is 7.11 Å². The van der Waals surface area contributed by atoms with Crippen LogP contribution in [0.15, 0.2) is 18.2 Å². The molecule has 1 aromatic carbocycles. The van der Waals surface area contributed by atoms with Crippen LogP contribution in [0.1, 0.15) is 18.0 Å². The Morgan fingerprint density at radius 2 is 2.39 bits per heavy atom. The van der Waals surface area contributed by atoms with Crippen LogP contribution in [0.25, 0.3) is 0 Å². The molecule has 0 aliphatic carbocycles. The monoisotopic (exact) mass is 250 g/mol. The minimum Gasteiger partial charge on any atom is -0.482 e. The van der Waals surface area contributed by atoms with Crippen LogP contribution in [0.3, 0.4) is 0 Å². The molecule has 1 aromatic rings. The van der Waals surface area contributed by atoms with Gasteiger partial charge in [0, 0.05) is 6.04 Å². The summed E-state index contributed by atoms with van der Waals surface area (Å²) in [5.74, 6) is 0.0188. The number of hydrogen-bond donors (Lipinski definition) is 2. The van der Waals surface area contributed by atoms with Gasteiger partial charge in [0.2, 0.25) is 0 Å². The van der Waals surface area contributed by atoms with E-state index in [4.69, 9.17) is 10.5 Å². The molecule has 96 valence electrons. The largest absolute Gasteiger partial charge is 0.482 e. The van der Waals surface area contributed by atoms with E-state index in [2.05, 4.69) is 10.1 Å². The van der Waals surface area contributed by atoms with E-state index < -0.39 is 6.04 Å². The lowest BCUT2D eigenvalue weighted by atomic mass is 10.0. The quantitative estimate of drug-likeness (QED) is 0.766. The van der Waals surface area contributed by atoms with Gasteiger partial charge in [-0.25, -0.2) is 0 Å². The van der Waals surface area contributed by atoms with Crippen LogP contribution in [0.4, 0.5) is 5.69 Å². The number of benzene rings is 1. The fourth-order valence-electron chi connectivity index (χ4n) is 1.71. The number of esters is 1. The molecule has 0 fully saturated rings. The summed E-state index contributed by atoms with van der Waals surface area (Å²) >= 11 is 0. The number of anilines is 1. The van der Waals surface area contributed by atoms with Crippen molar-refractivity contribution >= 4 is 17.6 Å². The molecular formula is C12H14N2O4. The average molecular weight is 250 g/mol. The predicted molar refractivity (Wildman–Crippen MR) is 64.1 cm³/mol. The molecule has 0 saturated heterocycles. The second-order valence-corrected chi connectivity index (χ2v) is 3.98. The molecule has 1 heterocycles. The van der Waals surface area contributed by atoms with Crippen LogP contribution in [0.5, 0.6) is 5.75 Å². The van der Waals surface area contributed by atoms with Crippen LogP contribution < -0.4 is 15.8 Å². The molecule has 1 amide bonds. The third kappa shape index (κ3) is 2.60. The Bertz CT molecular complexity index is 487. The van der Waals surface area contributed by atoms with Crippen LogP contribution >= 0.6 is 0 Å². The Labute approximate surface area is 104 Å². The molecule has 3 N–H and O–H groups in total. The topological polar surface area (TPSA) is 90.6 Å². The molecule has 6 heteroatoms. The fourth-order valence-corrected chi connectivity index (χ4v) is 1.71. The van der Waals surface area contributed by atoms with Crippen molar-refractivity contribution in [2.45, 2.75) is 12.5 Å². The number of fused-ring (bicyclic) bond motifs is 1. The number of ether oxygens (including phenoxy) is 2. The number of methoxy groups -OCH3 is 1. The van der Waals surface area contributed by atoms with Crippen LogP contribution in [-0.4, -0.2) is 25.6 Å². The average Bonchev–Trinajstić information content (AvgIpc) is 2.37. The summed E-state index contributed by atoms with van der Waals surface area (Å²) in [5.41, 5.74) is 7.20. The van der Waals surface area contributed by atoms with Crippen molar-refractivity contribution in [3.8, 4) is 5.75 Å². The van der Waals surface area contributed by atoms with Gasteiger partial charge < -0.3 is 20.5 Å². The maximum absolute atomic E-state index is 11.2. The van der Waals surface area contributed by atoms with E-state index in [9.17, 15) is 9.59 Å². The Balaban J connectivity index is 2.17. The lowest BCUT2D eigenvalue weighted by Crippen LogP contribution is -2.26. The van der Waals surface area contributed by atoms with Crippen molar-refractivity contribution in [1.82, 2.24) is 0 Å². The van der Waals surface area contributed by atoms with Gasteiger partial charge in [-0.15, -0.1) is 0 Å². The van der Waals surface area contributed by atoms with E-state index in [1.807, 2.05) is 0 Å². The molecule has 1 unspecified atom stereocenters. The van der Waals surface area contributed by atoms with Gasteiger partial charge in [0.1, 0.15) is 5.75 Å². The Kier molecular flexibility index (Phi) is 3.47. The molecule has 0 spiro atoms. The van der Waals surface area contributed by atoms with Gasteiger partial charge in [0.25, 0.3) is 5.91 Å². The first-order chi connectivity index (χ1) is 8.60. The molecule has 2 rings (SSSR count). The van der Waals surface area contributed by atoms with Crippen molar-refractivity contribution in [2.75, 3.05) is 19.0 Å². The lowest BCUT2D eigenvalue weighted by molar-refractivity contribution is -0.141. The third-order valence-electron chi connectivity index (χ3n) is 2.68. The molecule has 1 aliphatic heterocycles. The SMILES string of the molecule is COC(=O)CC(N)c1ccc2c(c1)NC(=O)CO2. The van der Waals surface area contributed by atoms with Gasteiger partial charge in [0.05, 0.1) is 19.2 Å². The minimum absolute atomic E-state index is 0.0144. The summed E-state index contributed by atoms with van der Waals surface area (Å²) in [6.45, 7) is 0.0144. The van der Waals surface area contributed by atoms with Gasteiger partial charge in [-0.3, -0.25) is 9.59 Å². The van der Waals surface area contributed by atoms with E-state index >= 15 is 0 Å². The summed E-state index contributed by atoms with van der Waals surface area (Å²) in [6.07, 6.45) is 0.0874. The summed E-state index contributed by atoms with van der Waals surface area (Å²) in [6, 6.07) is 4.73. The molecule has 1 aliphatic rings. The van der Waals surface area contributed by atoms with E-state index in [-0.39, 0.29) is 24.9 Å². The molecule has 6 nitrogen and oxygen atoms in total. The number of amides is 1. The summed E-state index contributed by atoms with van der Waals surface area (Å²) in [4.78, 5) is 22.3. The molecule has 0 saturated carbocycles. The van der Waals surface area contributed by atoms with Gasteiger partial charge in [-0.2, -0.15) is 0 Å². The summed E-state index contributed by atoms with van der Waals surface area (Å²) < 4.78 is 9.79. The smallest absolute Gasteiger partial charge is 0.307 e. The van der Waals surface area contributed by atoms with Crippen molar-refractivity contribution in [3.05, 3.63) is 23.8 Å². The van der Waals surface area contributed by atoms with Gasteiger partial charge in [-0.05, 0) is 17.7 Å².